The van der Waals surface area contributed by atoms with Crippen LogP contribution in [0.15, 0.2) is 0 Å². The van der Waals surface area contributed by atoms with Gasteiger partial charge in [-0.15, -0.1) is 0 Å². The highest BCUT2D eigenvalue weighted by atomic mass is 16.5. The molecule has 1 atom stereocenters. The molecule has 0 aromatic carbocycles. The van der Waals surface area contributed by atoms with E-state index in [1.807, 2.05) is 13.8 Å². The lowest BCUT2D eigenvalue weighted by molar-refractivity contribution is -0.144. The molecule has 0 aliphatic carbocycles. The zero-order valence-electron chi connectivity index (χ0n) is 9.03. The standard InChI is InChI=1S/C5H10O2.C4H10O2/c1-4(2)7-5(3)6;1-4(5)3-6-2/h4H,1-3H3;4-5H,3H2,1-2H3. The van der Waals surface area contributed by atoms with Crippen molar-refractivity contribution in [2.24, 2.45) is 0 Å². The van der Waals surface area contributed by atoms with Gasteiger partial charge in [-0.05, 0) is 20.8 Å². The second-order valence-electron chi connectivity index (χ2n) is 2.96. The van der Waals surface area contributed by atoms with Gasteiger partial charge in [0.1, 0.15) is 0 Å². The van der Waals surface area contributed by atoms with Crippen LogP contribution in [0.5, 0.6) is 0 Å². The van der Waals surface area contributed by atoms with Gasteiger partial charge in [-0.2, -0.15) is 0 Å². The van der Waals surface area contributed by atoms with Crippen LogP contribution in [-0.4, -0.2) is 37.0 Å². The second kappa shape index (κ2) is 9.48. The fraction of sp³-hybridized carbons (Fsp3) is 0.889. The number of hydrogen-bond donors (Lipinski definition) is 1. The van der Waals surface area contributed by atoms with Gasteiger partial charge in [0.15, 0.2) is 0 Å². The number of aliphatic hydroxyl groups is 1. The predicted molar refractivity (Wildman–Crippen MR) is 50.5 cm³/mol. The van der Waals surface area contributed by atoms with E-state index in [2.05, 4.69) is 9.47 Å². The summed E-state index contributed by atoms with van der Waals surface area (Å²) >= 11 is 0. The number of rotatable bonds is 3. The van der Waals surface area contributed by atoms with Crippen molar-refractivity contribution in [2.75, 3.05) is 13.7 Å². The van der Waals surface area contributed by atoms with E-state index in [0.29, 0.717) is 6.61 Å². The first kappa shape index (κ1) is 14.9. The molecule has 0 rings (SSSR count). The molecule has 0 aromatic heterocycles. The van der Waals surface area contributed by atoms with Crippen molar-refractivity contribution < 1.29 is 19.4 Å². The Kier molecular flexibility index (Phi) is 10.9. The van der Waals surface area contributed by atoms with Crippen LogP contribution in [0.25, 0.3) is 0 Å². The molecule has 0 heterocycles. The minimum atomic E-state index is -0.324. The molecule has 0 radical (unpaired) electrons. The Morgan fingerprint density at radius 1 is 1.38 bits per heavy atom. The molecule has 80 valence electrons. The van der Waals surface area contributed by atoms with Gasteiger partial charge in [0.05, 0.1) is 18.8 Å². The molecule has 0 aliphatic rings. The highest BCUT2D eigenvalue weighted by molar-refractivity contribution is 5.66. The monoisotopic (exact) mass is 192 g/mol. The molecule has 13 heavy (non-hydrogen) atoms. The van der Waals surface area contributed by atoms with Gasteiger partial charge in [-0.25, -0.2) is 0 Å². The summed E-state index contributed by atoms with van der Waals surface area (Å²) in [6.07, 6.45) is -0.299. The SMILES string of the molecule is CC(=O)OC(C)C.COCC(C)O. The summed E-state index contributed by atoms with van der Waals surface area (Å²) in [6, 6.07) is 0. The fourth-order valence-corrected chi connectivity index (χ4v) is 0.573. The molecule has 0 aliphatic heterocycles. The fourth-order valence-electron chi connectivity index (χ4n) is 0.573. The maximum Gasteiger partial charge on any atom is 0.302 e. The normalized spacial score (nSPS) is 11.6. The van der Waals surface area contributed by atoms with Crippen LogP contribution in [0.3, 0.4) is 0 Å². The molecule has 1 N–H and O–H groups in total. The highest BCUT2D eigenvalue weighted by Gasteiger charge is 1.93. The van der Waals surface area contributed by atoms with E-state index in [1.165, 1.54) is 6.92 Å². The van der Waals surface area contributed by atoms with E-state index < -0.39 is 0 Å². The quantitative estimate of drug-likeness (QED) is 0.677. The third-order valence-electron chi connectivity index (χ3n) is 0.810. The van der Waals surface area contributed by atoms with Crippen LogP contribution >= 0.6 is 0 Å². The molecular formula is C9H20O4. The van der Waals surface area contributed by atoms with E-state index >= 15 is 0 Å². The molecule has 0 spiro atoms. The van der Waals surface area contributed by atoms with Crippen LogP contribution in [0.4, 0.5) is 0 Å². The number of carbonyl (C=O) groups is 1. The molecule has 4 heteroatoms. The topological polar surface area (TPSA) is 55.8 Å². The van der Waals surface area contributed by atoms with Crippen molar-refractivity contribution >= 4 is 5.97 Å². The molecule has 0 saturated heterocycles. The Balaban J connectivity index is 0. The smallest absolute Gasteiger partial charge is 0.302 e. The van der Waals surface area contributed by atoms with Crippen molar-refractivity contribution in [3.63, 3.8) is 0 Å². The van der Waals surface area contributed by atoms with Crippen molar-refractivity contribution in [1.29, 1.82) is 0 Å². The third-order valence-corrected chi connectivity index (χ3v) is 0.810. The Hall–Kier alpha value is -0.610. The number of carbonyl (C=O) groups excluding carboxylic acids is 1. The van der Waals surface area contributed by atoms with Gasteiger partial charge in [0.2, 0.25) is 0 Å². The summed E-state index contributed by atoms with van der Waals surface area (Å²) in [5.74, 6) is -0.213. The van der Waals surface area contributed by atoms with Gasteiger partial charge >= 0.3 is 5.97 Å². The summed E-state index contributed by atoms with van der Waals surface area (Å²) in [6.45, 7) is 7.16. The summed E-state index contributed by atoms with van der Waals surface area (Å²) in [7, 11) is 1.56. The Morgan fingerprint density at radius 2 is 1.85 bits per heavy atom. The first-order chi connectivity index (χ1) is 5.90. The van der Waals surface area contributed by atoms with Gasteiger partial charge in [0.25, 0.3) is 0 Å². The van der Waals surface area contributed by atoms with E-state index in [1.54, 1.807) is 14.0 Å². The van der Waals surface area contributed by atoms with Crippen LogP contribution in [0.2, 0.25) is 0 Å². The van der Waals surface area contributed by atoms with Gasteiger partial charge in [-0.3, -0.25) is 4.79 Å². The predicted octanol–water partition coefficient (Wildman–Crippen LogP) is 0.971. The highest BCUT2D eigenvalue weighted by Crippen LogP contribution is 1.85. The zero-order valence-corrected chi connectivity index (χ0v) is 9.03. The molecule has 4 nitrogen and oxygen atoms in total. The van der Waals surface area contributed by atoms with Crippen LogP contribution in [0, 0.1) is 0 Å². The minimum absolute atomic E-state index is 0.0255. The number of methoxy groups -OCH3 is 1. The van der Waals surface area contributed by atoms with Crippen LogP contribution in [0.1, 0.15) is 27.7 Å². The van der Waals surface area contributed by atoms with Crippen molar-refractivity contribution in [3.05, 3.63) is 0 Å². The zero-order chi connectivity index (χ0) is 10.9. The first-order valence-corrected chi connectivity index (χ1v) is 4.24. The first-order valence-electron chi connectivity index (χ1n) is 4.24. The van der Waals surface area contributed by atoms with Crippen LogP contribution < -0.4 is 0 Å². The van der Waals surface area contributed by atoms with Crippen molar-refractivity contribution in [3.8, 4) is 0 Å². The largest absolute Gasteiger partial charge is 0.463 e. The molecule has 0 bridgehead atoms. The second-order valence-corrected chi connectivity index (χ2v) is 2.96. The Morgan fingerprint density at radius 3 is 1.85 bits per heavy atom. The average molecular weight is 192 g/mol. The number of aliphatic hydroxyl groups excluding tert-OH is 1. The summed E-state index contributed by atoms with van der Waals surface area (Å²) in [5.41, 5.74) is 0. The number of ether oxygens (including phenoxy) is 2. The van der Waals surface area contributed by atoms with Gasteiger partial charge in [-0.1, -0.05) is 0 Å². The average Bonchev–Trinajstić information content (AvgIpc) is 1.83. The lowest BCUT2D eigenvalue weighted by Gasteiger charge is -2.01. The van der Waals surface area contributed by atoms with E-state index in [0.717, 1.165) is 0 Å². The Bertz CT molecular complexity index is 121. The lowest BCUT2D eigenvalue weighted by atomic mass is 10.5. The minimum Gasteiger partial charge on any atom is -0.463 e. The molecule has 0 fully saturated rings. The molecule has 0 saturated carbocycles. The maximum atomic E-state index is 10.0. The Labute approximate surface area is 79.8 Å². The summed E-state index contributed by atoms with van der Waals surface area (Å²) < 4.78 is 9.16. The van der Waals surface area contributed by atoms with Gasteiger partial charge in [0, 0.05) is 14.0 Å². The van der Waals surface area contributed by atoms with Crippen molar-refractivity contribution in [1.82, 2.24) is 0 Å². The van der Waals surface area contributed by atoms with Gasteiger partial charge < -0.3 is 14.6 Å². The molecular weight excluding hydrogens is 172 g/mol. The molecule has 0 amide bonds. The van der Waals surface area contributed by atoms with E-state index in [4.69, 9.17) is 5.11 Å². The maximum absolute atomic E-state index is 10.0. The summed E-state index contributed by atoms with van der Waals surface area (Å²) in [4.78, 5) is 10.0. The third kappa shape index (κ3) is 24.6. The van der Waals surface area contributed by atoms with Crippen molar-refractivity contribution in [2.45, 2.75) is 39.9 Å². The van der Waals surface area contributed by atoms with E-state index in [9.17, 15) is 4.79 Å². The lowest BCUT2D eigenvalue weighted by Crippen LogP contribution is -2.07. The van der Waals surface area contributed by atoms with Crippen LogP contribution in [-0.2, 0) is 14.3 Å². The molecule has 0 aromatic rings. The number of esters is 1. The molecule has 1 unspecified atom stereocenters. The van der Waals surface area contributed by atoms with E-state index in [-0.39, 0.29) is 18.2 Å². The summed E-state index contributed by atoms with van der Waals surface area (Å²) in [5, 5.41) is 8.43. The number of hydrogen-bond acceptors (Lipinski definition) is 4.